The van der Waals surface area contributed by atoms with E-state index in [9.17, 15) is 9.90 Å². The van der Waals surface area contributed by atoms with Crippen LogP contribution in [-0.2, 0) is 4.79 Å². The summed E-state index contributed by atoms with van der Waals surface area (Å²) in [7, 11) is 0.717. The van der Waals surface area contributed by atoms with Crippen molar-refractivity contribution in [2.45, 2.75) is 31.1 Å². The fourth-order valence-electron chi connectivity index (χ4n) is 2.43. The van der Waals surface area contributed by atoms with Crippen LogP contribution in [0.3, 0.4) is 0 Å². The molecule has 1 fully saturated rings. The summed E-state index contributed by atoms with van der Waals surface area (Å²) in [5, 5.41) is 26.9. The largest absolute Gasteiger partial charge is 0.480 e. The highest BCUT2D eigenvalue weighted by Crippen LogP contribution is 2.16. The molecule has 0 aromatic rings. The van der Waals surface area contributed by atoms with Crippen LogP contribution in [-0.4, -0.2) is 83.4 Å². The Morgan fingerprint density at radius 2 is 1.73 bits per heavy atom. The molecular weight excluding hydrogens is 332 g/mol. The number of likely N-dealkylation sites (N-methyl/N-ethyl adjacent to an activating group) is 1. The molecule has 0 saturated carbocycles. The molecule has 0 spiro atoms. The zero-order valence-corrected chi connectivity index (χ0v) is 14.6. The highest BCUT2D eigenvalue weighted by Gasteiger charge is 2.36. The highest BCUT2D eigenvalue weighted by molar-refractivity contribution is 6.40. The van der Waals surface area contributed by atoms with Crippen molar-refractivity contribution in [1.29, 1.82) is 0 Å². The maximum atomic E-state index is 11.4. The monoisotopic (exact) mass is 359 g/mol. The third-order valence-corrected chi connectivity index (χ3v) is 3.86. The second-order valence-electron chi connectivity index (χ2n) is 5.77. The van der Waals surface area contributed by atoms with Gasteiger partial charge in [0, 0.05) is 32.7 Å². The normalized spacial score (nSPS) is 18.7. The zero-order valence-electron chi connectivity index (χ0n) is 13.0. The van der Waals surface area contributed by atoms with E-state index in [0.29, 0.717) is 25.8 Å². The quantitative estimate of drug-likeness (QED) is 0.341. The van der Waals surface area contributed by atoms with Gasteiger partial charge in [-0.1, -0.05) is 12.8 Å². The van der Waals surface area contributed by atoms with Gasteiger partial charge in [0.1, 0.15) is 5.54 Å². The predicted octanol–water partition coefficient (Wildman–Crippen LogP) is -0.497. The van der Waals surface area contributed by atoms with Gasteiger partial charge in [0.05, 0.1) is 0 Å². The lowest BCUT2D eigenvalue weighted by atomic mass is 9.82. The zero-order chi connectivity index (χ0) is 15.2. The van der Waals surface area contributed by atoms with Crippen LogP contribution in [0.15, 0.2) is 0 Å². The summed E-state index contributed by atoms with van der Waals surface area (Å²) in [4.78, 5) is 15.7. The van der Waals surface area contributed by atoms with E-state index in [1.165, 1.54) is 0 Å². The number of nitrogens with zero attached hydrogens (tertiary/aromatic N) is 2. The van der Waals surface area contributed by atoms with E-state index < -0.39 is 18.6 Å². The van der Waals surface area contributed by atoms with Crippen molar-refractivity contribution in [3.8, 4) is 0 Å². The van der Waals surface area contributed by atoms with E-state index in [2.05, 4.69) is 9.80 Å². The Bertz CT molecular complexity index is 321. The average Bonchev–Trinajstić information content (AvgIpc) is 2.37. The minimum atomic E-state index is -1.33. The van der Waals surface area contributed by atoms with Gasteiger partial charge in [0.25, 0.3) is 0 Å². The number of halogens is 2. The second-order valence-corrected chi connectivity index (χ2v) is 5.77. The van der Waals surface area contributed by atoms with E-state index in [-0.39, 0.29) is 31.1 Å². The van der Waals surface area contributed by atoms with Gasteiger partial charge in [-0.25, -0.2) is 0 Å². The summed E-state index contributed by atoms with van der Waals surface area (Å²) < 4.78 is 0. The molecule has 1 atom stereocenters. The van der Waals surface area contributed by atoms with Crippen molar-refractivity contribution in [3.05, 3.63) is 0 Å². The molecule has 0 radical (unpaired) electrons. The van der Waals surface area contributed by atoms with E-state index in [1.807, 2.05) is 7.05 Å². The number of hydrogen-bond acceptors (Lipinski definition) is 6. The fraction of sp³-hybridized carbons (Fsp3) is 0.917. The Labute approximate surface area is 144 Å². The van der Waals surface area contributed by atoms with Crippen LogP contribution in [0.4, 0.5) is 0 Å². The van der Waals surface area contributed by atoms with E-state index in [1.54, 1.807) is 0 Å². The SMILES string of the molecule is CN1CCN(CC(N)(CCCCB(O)O)C(=O)O)CC1.Cl.Cl. The van der Waals surface area contributed by atoms with Crippen LogP contribution in [0.1, 0.15) is 19.3 Å². The van der Waals surface area contributed by atoms with Crippen molar-refractivity contribution < 1.29 is 19.9 Å². The molecule has 10 heteroatoms. The Balaban J connectivity index is 0. The van der Waals surface area contributed by atoms with Gasteiger partial charge >= 0.3 is 13.1 Å². The molecule has 5 N–H and O–H groups in total. The van der Waals surface area contributed by atoms with Crippen LogP contribution in [0.2, 0.25) is 6.32 Å². The molecule has 22 heavy (non-hydrogen) atoms. The first-order valence-electron chi connectivity index (χ1n) is 7.13. The minimum absolute atomic E-state index is 0. The Hall–Kier alpha value is -0.0851. The molecule has 0 aliphatic carbocycles. The summed E-state index contributed by atoms with van der Waals surface area (Å²) in [6.45, 7) is 3.85. The maximum Gasteiger partial charge on any atom is 0.451 e. The van der Waals surface area contributed by atoms with Crippen molar-refractivity contribution >= 4 is 37.9 Å². The lowest BCUT2D eigenvalue weighted by molar-refractivity contribution is -0.144. The summed E-state index contributed by atoms with van der Waals surface area (Å²) in [5.74, 6) is -0.985. The predicted molar refractivity (Wildman–Crippen MR) is 91.8 cm³/mol. The number of carboxylic acids is 1. The molecular formula is C12H28BCl2N3O4. The summed E-state index contributed by atoms with van der Waals surface area (Å²) in [6.07, 6.45) is 1.74. The van der Waals surface area contributed by atoms with Crippen LogP contribution in [0.5, 0.6) is 0 Å². The Morgan fingerprint density at radius 3 is 2.18 bits per heavy atom. The van der Waals surface area contributed by atoms with Gasteiger partial charge in [-0.2, -0.15) is 0 Å². The van der Waals surface area contributed by atoms with Crippen LogP contribution in [0, 0.1) is 0 Å². The van der Waals surface area contributed by atoms with Crippen molar-refractivity contribution in [1.82, 2.24) is 9.80 Å². The minimum Gasteiger partial charge on any atom is -0.480 e. The molecule has 132 valence electrons. The number of nitrogens with two attached hydrogens (primary N) is 1. The molecule has 1 aliphatic heterocycles. The molecule has 7 nitrogen and oxygen atoms in total. The molecule has 1 aliphatic rings. The smallest absolute Gasteiger partial charge is 0.451 e. The van der Waals surface area contributed by atoms with Gasteiger partial charge in [-0.05, 0) is 19.8 Å². The summed E-state index contributed by atoms with van der Waals surface area (Å²) in [6, 6.07) is 0. The number of piperazine rings is 1. The molecule has 0 amide bonds. The van der Waals surface area contributed by atoms with Crippen molar-refractivity contribution in [2.24, 2.45) is 5.73 Å². The molecule has 1 rings (SSSR count). The summed E-state index contributed by atoms with van der Waals surface area (Å²) >= 11 is 0. The number of carbonyl (C=O) groups is 1. The van der Waals surface area contributed by atoms with Gasteiger partial charge in [0.15, 0.2) is 0 Å². The highest BCUT2D eigenvalue weighted by atomic mass is 35.5. The van der Waals surface area contributed by atoms with E-state index in [4.69, 9.17) is 15.8 Å². The third-order valence-electron chi connectivity index (χ3n) is 3.86. The lowest BCUT2D eigenvalue weighted by Gasteiger charge is -2.37. The first-order valence-corrected chi connectivity index (χ1v) is 7.13. The fourth-order valence-corrected chi connectivity index (χ4v) is 2.43. The number of hydrogen-bond donors (Lipinski definition) is 4. The van der Waals surface area contributed by atoms with Crippen LogP contribution >= 0.6 is 24.8 Å². The third kappa shape index (κ3) is 8.52. The van der Waals surface area contributed by atoms with Crippen molar-refractivity contribution in [2.75, 3.05) is 39.8 Å². The number of aliphatic carboxylic acids is 1. The van der Waals surface area contributed by atoms with Gasteiger partial charge in [0.2, 0.25) is 0 Å². The standard InChI is InChI=1S/C12H26BN3O4.2ClH/c1-15-6-8-16(9-7-15)10-12(14,11(17)18)4-2-3-5-13(19)20;;/h19-20H,2-10,14H2,1H3,(H,17,18);2*1H. The van der Waals surface area contributed by atoms with Crippen LogP contribution in [0.25, 0.3) is 0 Å². The van der Waals surface area contributed by atoms with Crippen molar-refractivity contribution in [3.63, 3.8) is 0 Å². The molecule has 1 unspecified atom stereocenters. The number of carboxylic acid groups (broad SMARTS) is 1. The first-order chi connectivity index (χ1) is 9.33. The molecule has 1 saturated heterocycles. The van der Waals surface area contributed by atoms with Gasteiger partial charge in [-0.15, -0.1) is 24.8 Å². The maximum absolute atomic E-state index is 11.4. The number of unbranched alkanes of at least 4 members (excludes halogenated alkanes) is 1. The first kappa shape index (κ1) is 24.2. The van der Waals surface area contributed by atoms with E-state index in [0.717, 1.165) is 26.2 Å². The lowest BCUT2D eigenvalue weighted by Crippen LogP contribution is -2.59. The molecule has 0 aromatic carbocycles. The van der Waals surface area contributed by atoms with Gasteiger partial charge in [-0.3, -0.25) is 9.69 Å². The Morgan fingerprint density at radius 1 is 1.18 bits per heavy atom. The Kier molecular flexibility index (Phi) is 12.6. The molecule has 0 aromatic heterocycles. The topological polar surface area (TPSA) is 110 Å². The molecule has 1 heterocycles. The summed E-state index contributed by atoms with van der Waals surface area (Å²) in [5.41, 5.74) is 4.79. The van der Waals surface area contributed by atoms with E-state index >= 15 is 0 Å². The number of rotatable bonds is 8. The molecule has 0 bridgehead atoms. The van der Waals surface area contributed by atoms with Gasteiger partial charge < -0.3 is 25.8 Å². The van der Waals surface area contributed by atoms with Crippen LogP contribution < -0.4 is 5.73 Å². The average molecular weight is 360 g/mol. The second kappa shape index (κ2) is 11.5.